The lowest BCUT2D eigenvalue weighted by molar-refractivity contribution is -0.137. The SMILES string of the molecule is CCCOc1ccc(C(F)(F)F)cc1NCc1cc(=O)n2ccsc2n1. The van der Waals surface area contributed by atoms with Crippen molar-refractivity contribution < 1.29 is 17.9 Å². The summed E-state index contributed by atoms with van der Waals surface area (Å²) >= 11 is 1.31. The van der Waals surface area contributed by atoms with Gasteiger partial charge in [0.25, 0.3) is 5.56 Å². The van der Waals surface area contributed by atoms with Gasteiger partial charge >= 0.3 is 6.18 Å². The lowest BCUT2D eigenvalue weighted by Gasteiger charge is -2.15. The Morgan fingerprint density at radius 3 is 2.85 bits per heavy atom. The number of ether oxygens (including phenoxy) is 1. The minimum atomic E-state index is -4.45. The van der Waals surface area contributed by atoms with E-state index < -0.39 is 11.7 Å². The largest absolute Gasteiger partial charge is 0.491 e. The molecule has 138 valence electrons. The van der Waals surface area contributed by atoms with E-state index in [4.69, 9.17) is 4.74 Å². The van der Waals surface area contributed by atoms with Crippen molar-refractivity contribution in [2.45, 2.75) is 26.1 Å². The fourth-order valence-corrected chi connectivity index (χ4v) is 3.09. The molecule has 5 nitrogen and oxygen atoms in total. The van der Waals surface area contributed by atoms with Crippen LogP contribution in [-0.2, 0) is 12.7 Å². The van der Waals surface area contributed by atoms with Gasteiger partial charge in [-0.25, -0.2) is 4.98 Å². The molecule has 0 amide bonds. The molecule has 3 aromatic rings. The van der Waals surface area contributed by atoms with Gasteiger partial charge in [0.1, 0.15) is 5.75 Å². The Kier molecular flexibility index (Phi) is 5.17. The van der Waals surface area contributed by atoms with Crippen LogP contribution in [0, 0.1) is 0 Å². The molecule has 0 spiro atoms. The lowest BCUT2D eigenvalue weighted by Crippen LogP contribution is -2.15. The average molecular weight is 383 g/mol. The number of halogens is 3. The first kappa shape index (κ1) is 18.2. The monoisotopic (exact) mass is 383 g/mol. The van der Waals surface area contributed by atoms with Gasteiger partial charge in [-0.1, -0.05) is 6.92 Å². The first-order valence-electron chi connectivity index (χ1n) is 7.92. The number of nitrogens with zero attached hydrogens (tertiary/aromatic N) is 2. The number of anilines is 1. The zero-order chi connectivity index (χ0) is 18.7. The van der Waals surface area contributed by atoms with Crippen molar-refractivity contribution in [2.24, 2.45) is 0 Å². The second-order valence-electron chi connectivity index (χ2n) is 5.55. The molecule has 2 aromatic heterocycles. The molecule has 9 heteroatoms. The summed E-state index contributed by atoms with van der Waals surface area (Å²) in [4.78, 5) is 16.9. The van der Waals surface area contributed by atoms with Crippen LogP contribution in [0.15, 0.2) is 40.6 Å². The predicted molar refractivity (Wildman–Crippen MR) is 93.9 cm³/mol. The number of hydrogen-bond donors (Lipinski definition) is 1. The number of benzene rings is 1. The lowest BCUT2D eigenvalue weighted by atomic mass is 10.1. The zero-order valence-corrected chi connectivity index (χ0v) is 14.7. The van der Waals surface area contributed by atoms with E-state index in [1.165, 1.54) is 27.9 Å². The topological polar surface area (TPSA) is 55.6 Å². The van der Waals surface area contributed by atoms with Crippen molar-refractivity contribution in [3.05, 3.63) is 57.5 Å². The Morgan fingerprint density at radius 1 is 1.31 bits per heavy atom. The third-order valence-electron chi connectivity index (χ3n) is 3.58. The van der Waals surface area contributed by atoms with Gasteiger partial charge in [0.2, 0.25) is 0 Å². The molecule has 1 N–H and O–H groups in total. The Bertz CT molecular complexity index is 966. The van der Waals surface area contributed by atoms with Gasteiger partial charge in [-0.2, -0.15) is 13.2 Å². The van der Waals surface area contributed by atoms with Crippen LogP contribution >= 0.6 is 11.3 Å². The summed E-state index contributed by atoms with van der Waals surface area (Å²) in [6, 6.07) is 4.64. The summed E-state index contributed by atoms with van der Waals surface area (Å²) in [5.41, 5.74) is -0.358. The van der Waals surface area contributed by atoms with Crippen molar-refractivity contribution in [2.75, 3.05) is 11.9 Å². The Labute approximate surface area is 151 Å². The van der Waals surface area contributed by atoms with Crippen LogP contribution in [0.4, 0.5) is 18.9 Å². The van der Waals surface area contributed by atoms with Gasteiger partial charge < -0.3 is 10.1 Å². The summed E-state index contributed by atoms with van der Waals surface area (Å²) in [7, 11) is 0. The van der Waals surface area contributed by atoms with Gasteiger partial charge in [0, 0.05) is 17.6 Å². The summed E-state index contributed by atoms with van der Waals surface area (Å²) in [6.07, 6.45) is -2.10. The van der Waals surface area contributed by atoms with Crippen LogP contribution < -0.4 is 15.6 Å². The Hall–Kier alpha value is -2.55. The van der Waals surface area contributed by atoms with Crippen molar-refractivity contribution in [1.29, 1.82) is 0 Å². The molecule has 0 radical (unpaired) electrons. The predicted octanol–water partition coefficient (Wildman–Crippen LogP) is 4.18. The van der Waals surface area contributed by atoms with E-state index in [1.807, 2.05) is 6.92 Å². The van der Waals surface area contributed by atoms with Crippen LogP contribution in [0.2, 0.25) is 0 Å². The first-order chi connectivity index (χ1) is 12.4. The quantitative estimate of drug-likeness (QED) is 0.694. The van der Waals surface area contributed by atoms with Crippen LogP contribution in [-0.4, -0.2) is 16.0 Å². The second kappa shape index (κ2) is 7.36. The van der Waals surface area contributed by atoms with E-state index in [-0.39, 0.29) is 17.8 Å². The van der Waals surface area contributed by atoms with Gasteiger partial charge in [-0.3, -0.25) is 9.20 Å². The molecule has 0 atom stereocenters. The maximum atomic E-state index is 13.0. The number of rotatable bonds is 6. The molecule has 0 saturated heterocycles. The number of aromatic nitrogens is 2. The second-order valence-corrected chi connectivity index (χ2v) is 6.43. The molecule has 0 bridgehead atoms. The van der Waals surface area contributed by atoms with E-state index in [1.54, 1.807) is 11.6 Å². The number of alkyl halides is 3. The van der Waals surface area contributed by atoms with Crippen LogP contribution in [0.3, 0.4) is 0 Å². The molecular weight excluding hydrogens is 367 g/mol. The van der Waals surface area contributed by atoms with E-state index in [0.29, 0.717) is 23.0 Å². The van der Waals surface area contributed by atoms with E-state index in [0.717, 1.165) is 18.6 Å². The standard InChI is InChI=1S/C17H16F3N3O2S/c1-2-6-25-14-4-3-11(17(18,19)20)8-13(14)21-10-12-9-15(24)23-5-7-26-16(23)22-12/h3-5,7-9,21H,2,6,10H2,1H3. The molecule has 2 heterocycles. The van der Waals surface area contributed by atoms with E-state index in [2.05, 4.69) is 10.3 Å². The van der Waals surface area contributed by atoms with Gasteiger partial charge in [0.05, 0.1) is 30.1 Å². The van der Waals surface area contributed by atoms with Gasteiger partial charge in [-0.05, 0) is 24.6 Å². The minimum absolute atomic E-state index is 0.105. The number of hydrogen-bond acceptors (Lipinski definition) is 5. The van der Waals surface area contributed by atoms with Crippen molar-refractivity contribution in [3.8, 4) is 5.75 Å². The molecule has 0 saturated carbocycles. The molecule has 1 aromatic carbocycles. The van der Waals surface area contributed by atoms with Crippen molar-refractivity contribution >= 4 is 22.0 Å². The van der Waals surface area contributed by atoms with E-state index in [9.17, 15) is 18.0 Å². The number of fused-ring (bicyclic) bond motifs is 1. The highest BCUT2D eigenvalue weighted by molar-refractivity contribution is 7.15. The Balaban J connectivity index is 1.87. The minimum Gasteiger partial charge on any atom is -0.491 e. The normalized spacial score (nSPS) is 11.7. The van der Waals surface area contributed by atoms with Crippen molar-refractivity contribution in [1.82, 2.24) is 9.38 Å². The summed E-state index contributed by atoms with van der Waals surface area (Å²) < 4.78 is 45.9. The molecule has 3 rings (SSSR count). The Morgan fingerprint density at radius 2 is 2.12 bits per heavy atom. The van der Waals surface area contributed by atoms with Crippen LogP contribution in [0.1, 0.15) is 24.6 Å². The molecule has 0 aliphatic rings. The maximum absolute atomic E-state index is 13.0. The van der Waals surface area contributed by atoms with Gasteiger partial charge in [-0.15, -0.1) is 11.3 Å². The fourth-order valence-electron chi connectivity index (χ4n) is 2.35. The van der Waals surface area contributed by atoms with Crippen molar-refractivity contribution in [3.63, 3.8) is 0 Å². The molecule has 0 unspecified atom stereocenters. The van der Waals surface area contributed by atoms with E-state index >= 15 is 0 Å². The smallest absolute Gasteiger partial charge is 0.416 e. The highest BCUT2D eigenvalue weighted by atomic mass is 32.1. The molecule has 0 aliphatic carbocycles. The third kappa shape index (κ3) is 3.98. The average Bonchev–Trinajstić information content (AvgIpc) is 3.06. The third-order valence-corrected chi connectivity index (χ3v) is 4.34. The number of nitrogens with one attached hydrogen (secondary N) is 1. The van der Waals surface area contributed by atoms with Crippen LogP contribution in [0.25, 0.3) is 4.96 Å². The molecule has 26 heavy (non-hydrogen) atoms. The maximum Gasteiger partial charge on any atom is 0.416 e. The summed E-state index contributed by atoms with van der Waals surface area (Å²) in [6.45, 7) is 2.40. The molecule has 0 fully saturated rings. The molecule has 0 aliphatic heterocycles. The summed E-state index contributed by atoms with van der Waals surface area (Å²) in [5.74, 6) is 0.328. The van der Waals surface area contributed by atoms with Crippen LogP contribution in [0.5, 0.6) is 5.75 Å². The summed E-state index contributed by atoms with van der Waals surface area (Å²) in [5, 5.41) is 4.64. The highest BCUT2D eigenvalue weighted by Gasteiger charge is 2.31. The fraction of sp³-hybridized carbons (Fsp3) is 0.294. The molecular formula is C17H16F3N3O2S. The van der Waals surface area contributed by atoms with Gasteiger partial charge in [0.15, 0.2) is 4.96 Å². The number of thiazole rings is 1. The highest BCUT2D eigenvalue weighted by Crippen LogP contribution is 2.35. The first-order valence-corrected chi connectivity index (χ1v) is 8.80. The zero-order valence-electron chi connectivity index (χ0n) is 13.8.